The van der Waals surface area contributed by atoms with E-state index in [0.29, 0.717) is 13.0 Å². The predicted molar refractivity (Wildman–Crippen MR) is 128 cm³/mol. The van der Waals surface area contributed by atoms with E-state index >= 15 is 0 Å². The van der Waals surface area contributed by atoms with Gasteiger partial charge < -0.3 is 20.1 Å². The molecule has 2 aromatic rings. The Balaban J connectivity index is 1.23. The molecule has 2 amide bonds. The number of carbonyl (C=O) groups excluding carboxylic acids is 2. The minimum Gasteiger partial charge on any atom is -0.480 e. The third kappa shape index (κ3) is 5.24. The lowest BCUT2D eigenvalue weighted by molar-refractivity contribution is -0.150. The smallest absolute Gasteiger partial charge is 0.407 e. The molecule has 0 spiro atoms. The van der Waals surface area contributed by atoms with Crippen LogP contribution in [-0.4, -0.2) is 53.2 Å². The van der Waals surface area contributed by atoms with E-state index in [4.69, 9.17) is 4.74 Å². The molecular weight excluding hydrogens is 432 g/mol. The standard InChI is InChI=1S/C27H32N2O5/c1-17(15-25(30)29(19-11-12-19)18(2)26(31)32)13-14-28-27(33)34-16-24-22-9-5-3-7-20(22)21-8-4-6-10-23(21)24/h3-10,17-19,24H,11-16H2,1-2H3,(H,28,33)(H,31,32). The second-order valence-corrected chi connectivity index (χ2v) is 9.40. The number of benzene rings is 2. The molecule has 7 nitrogen and oxygen atoms in total. The number of carbonyl (C=O) groups is 3. The lowest BCUT2D eigenvalue weighted by Gasteiger charge is -2.27. The highest BCUT2D eigenvalue weighted by atomic mass is 16.5. The van der Waals surface area contributed by atoms with Crippen molar-refractivity contribution in [2.75, 3.05) is 13.2 Å². The van der Waals surface area contributed by atoms with Gasteiger partial charge in [-0.05, 0) is 54.4 Å². The largest absolute Gasteiger partial charge is 0.480 e. The van der Waals surface area contributed by atoms with Gasteiger partial charge in [0.15, 0.2) is 0 Å². The third-order valence-electron chi connectivity index (χ3n) is 6.78. The van der Waals surface area contributed by atoms with Crippen molar-refractivity contribution in [1.82, 2.24) is 10.2 Å². The van der Waals surface area contributed by atoms with Crippen LogP contribution in [0.2, 0.25) is 0 Å². The molecule has 0 saturated heterocycles. The van der Waals surface area contributed by atoms with Crippen LogP contribution in [0, 0.1) is 5.92 Å². The summed E-state index contributed by atoms with van der Waals surface area (Å²) < 4.78 is 5.55. The lowest BCUT2D eigenvalue weighted by Crippen LogP contribution is -2.45. The van der Waals surface area contributed by atoms with E-state index in [-0.39, 0.29) is 36.8 Å². The van der Waals surface area contributed by atoms with Crippen LogP contribution in [0.1, 0.15) is 56.6 Å². The maximum Gasteiger partial charge on any atom is 0.407 e. The summed E-state index contributed by atoms with van der Waals surface area (Å²) in [4.78, 5) is 37.9. The summed E-state index contributed by atoms with van der Waals surface area (Å²) in [6.07, 6.45) is 2.12. The van der Waals surface area contributed by atoms with E-state index in [9.17, 15) is 19.5 Å². The molecule has 34 heavy (non-hydrogen) atoms. The number of ether oxygens (including phenoxy) is 1. The molecule has 2 unspecified atom stereocenters. The monoisotopic (exact) mass is 464 g/mol. The quantitative estimate of drug-likeness (QED) is 0.543. The Morgan fingerprint density at radius 3 is 2.18 bits per heavy atom. The molecule has 4 rings (SSSR count). The molecule has 2 N–H and O–H groups in total. The van der Waals surface area contributed by atoms with Crippen LogP contribution in [0.25, 0.3) is 11.1 Å². The van der Waals surface area contributed by atoms with Crippen molar-refractivity contribution in [1.29, 1.82) is 0 Å². The number of amides is 2. The van der Waals surface area contributed by atoms with Crippen LogP contribution in [0.4, 0.5) is 4.79 Å². The van der Waals surface area contributed by atoms with Crippen molar-refractivity contribution in [3.05, 3.63) is 59.7 Å². The number of fused-ring (bicyclic) bond motifs is 3. The molecule has 2 aliphatic carbocycles. The zero-order valence-corrected chi connectivity index (χ0v) is 19.7. The summed E-state index contributed by atoms with van der Waals surface area (Å²) in [5.41, 5.74) is 4.70. The number of carboxylic acid groups (broad SMARTS) is 1. The molecule has 0 heterocycles. The summed E-state index contributed by atoms with van der Waals surface area (Å²) in [7, 11) is 0. The van der Waals surface area contributed by atoms with Crippen molar-refractivity contribution >= 4 is 18.0 Å². The van der Waals surface area contributed by atoms with Crippen molar-refractivity contribution in [2.24, 2.45) is 5.92 Å². The summed E-state index contributed by atoms with van der Waals surface area (Å²) in [5.74, 6) is -1.08. The van der Waals surface area contributed by atoms with E-state index in [1.807, 2.05) is 31.2 Å². The van der Waals surface area contributed by atoms with E-state index in [1.165, 1.54) is 27.2 Å². The summed E-state index contributed by atoms with van der Waals surface area (Å²) >= 11 is 0. The number of nitrogens with zero attached hydrogens (tertiary/aromatic N) is 1. The number of rotatable bonds is 10. The first-order valence-corrected chi connectivity index (χ1v) is 12.0. The number of hydrogen-bond acceptors (Lipinski definition) is 4. The van der Waals surface area contributed by atoms with Crippen molar-refractivity contribution in [3.8, 4) is 11.1 Å². The molecule has 0 bridgehead atoms. The van der Waals surface area contributed by atoms with Gasteiger partial charge in [-0.25, -0.2) is 9.59 Å². The molecule has 0 radical (unpaired) electrons. The number of alkyl carbamates (subject to hydrolysis) is 1. The first-order valence-electron chi connectivity index (χ1n) is 12.0. The summed E-state index contributed by atoms with van der Waals surface area (Å²) in [6, 6.07) is 15.6. The zero-order valence-electron chi connectivity index (χ0n) is 19.7. The minimum atomic E-state index is -0.982. The normalized spacial score (nSPS) is 16.2. The zero-order chi connectivity index (χ0) is 24.2. The van der Waals surface area contributed by atoms with Gasteiger partial charge in [0.1, 0.15) is 12.6 Å². The van der Waals surface area contributed by atoms with Crippen LogP contribution in [0.15, 0.2) is 48.5 Å². The van der Waals surface area contributed by atoms with E-state index in [0.717, 1.165) is 12.8 Å². The van der Waals surface area contributed by atoms with E-state index < -0.39 is 18.1 Å². The first-order chi connectivity index (χ1) is 16.4. The van der Waals surface area contributed by atoms with Gasteiger partial charge >= 0.3 is 12.1 Å². The Hall–Kier alpha value is -3.35. The molecule has 2 aromatic carbocycles. The maximum atomic E-state index is 12.7. The Bertz CT molecular complexity index is 1020. The Labute approximate surface area is 200 Å². The van der Waals surface area contributed by atoms with Gasteiger partial charge in [-0.15, -0.1) is 0 Å². The van der Waals surface area contributed by atoms with Gasteiger partial charge in [0.2, 0.25) is 5.91 Å². The lowest BCUT2D eigenvalue weighted by atomic mass is 9.98. The third-order valence-corrected chi connectivity index (χ3v) is 6.78. The fourth-order valence-electron chi connectivity index (χ4n) is 4.78. The van der Waals surface area contributed by atoms with Crippen LogP contribution in [-0.2, 0) is 14.3 Å². The average Bonchev–Trinajstić information content (AvgIpc) is 3.59. The second kappa shape index (κ2) is 10.3. The second-order valence-electron chi connectivity index (χ2n) is 9.40. The highest BCUT2D eigenvalue weighted by Gasteiger charge is 2.38. The highest BCUT2D eigenvalue weighted by Crippen LogP contribution is 2.44. The Morgan fingerprint density at radius 1 is 1.03 bits per heavy atom. The van der Waals surface area contributed by atoms with Gasteiger partial charge in [-0.3, -0.25) is 4.79 Å². The first kappa shape index (κ1) is 23.8. The average molecular weight is 465 g/mol. The molecule has 180 valence electrons. The molecule has 0 aromatic heterocycles. The van der Waals surface area contributed by atoms with Crippen LogP contribution < -0.4 is 5.32 Å². The molecule has 0 aliphatic heterocycles. The van der Waals surface area contributed by atoms with Gasteiger partial charge in [-0.2, -0.15) is 0 Å². The molecule has 2 aliphatic rings. The molecular formula is C27H32N2O5. The molecule has 7 heteroatoms. The van der Waals surface area contributed by atoms with Gasteiger partial charge in [-0.1, -0.05) is 55.5 Å². The fourth-order valence-corrected chi connectivity index (χ4v) is 4.78. The number of aliphatic carboxylic acids is 1. The SMILES string of the molecule is CC(CCNC(=O)OCC1c2ccccc2-c2ccccc21)CC(=O)N(C1CC1)C(C)C(=O)O. The van der Waals surface area contributed by atoms with Crippen LogP contribution >= 0.6 is 0 Å². The topological polar surface area (TPSA) is 95.9 Å². The summed E-state index contributed by atoms with van der Waals surface area (Å²) in [5, 5.41) is 12.1. The van der Waals surface area contributed by atoms with Gasteiger partial charge in [0.05, 0.1) is 0 Å². The predicted octanol–water partition coefficient (Wildman–Crippen LogP) is 4.41. The van der Waals surface area contributed by atoms with E-state index in [1.54, 1.807) is 6.92 Å². The number of hydrogen-bond donors (Lipinski definition) is 2. The maximum absolute atomic E-state index is 12.7. The van der Waals surface area contributed by atoms with E-state index in [2.05, 4.69) is 29.6 Å². The van der Waals surface area contributed by atoms with Gasteiger partial charge in [0, 0.05) is 24.9 Å². The van der Waals surface area contributed by atoms with Crippen LogP contribution in [0.5, 0.6) is 0 Å². The Kier molecular flexibility index (Phi) is 7.20. The molecule has 1 saturated carbocycles. The molecule has 2 atom stereocenters. The van der Waals surface area contributed by atoms with Crippen LogP contribution in [0.3, 0.4) is 0 Å². The fraction of sp³-hybridized carbons (Fsp3) is 0.444. The molecule has 1 fully saturated rings. The van der Waals surface area contributed by atoms with Crippen molar-refractivity contribution < 1.29 is 24.2 Å². The summed E-state index contributed by atoms with van der Waals surface area (Å²) in [6.45, 7) is 4.15. The Morgan fingerprint density at radius 2 is 1.62 bits per heavy atom. The minimum absolute atomic E-state index is 0.0133. The van der Waals surface area contributed by atoms with Crippen molar-refractivity contribution in [3.63, 3.8) is 0 Å². The van der Waals surface area contributed by atoms with Gasteiger partial charge in [0.25, 0.3) is 0 Å². The van der Waals surface area contributed by atoms with Crippen molar-refractivity contribution in [2.45, 2.75) is 57.5 Å². The number of nitrogens with one attached hydrogen (secondary N) is 1. The highest BCUT2D eigenvalue weighted by molar-refractivity contribution is 5.84. The number of carboxylic acids is 1.